The van der Waals surface area contributed by atoms with E-state index in [1.807, 2.05) is 11.0 Å². The molecule has 4 heteroatoms. The van der Waals surface area contributed by atoms with Crippen molar-refractivity contribution >= 4 is 12.0 Å². The number of benzene rings is 1. The fourth-order valence-electron chi connectivity index (χ4n) is 3.55. The maximum absolute atomic E-state index is 10.7. The number of carbonyl (C=O) groups is 1. The smallest absolute Gasteiger partial charge is 0.317 e. The van der Waals surface area contributed by atoms with Crippen LogP contribution in [0.25, 0.3) is 6.08 Å². The zero-order valence-corrected chi connectivity index (χ0v) is 13.7. The quantitative estimate of drug-likeness (QED) is 0.847. The zero-order valence-electron chi connectivity index (χ0n) is 13.7. The van der Waals surface area contributed by atoms with E-state index in [4.69, 9.17) is 5.11 Å². The summed E-state index contributed by atoms with van der Waals surface area (Å²) in [5.41, 5.74) is 2.73. The number of carboxylic acids is 1. The summed E-state index contributed by atoms with van der Waals surface area (Å²) in [6.45, 7) is 4.19. The van der Waals surface area contributed by atoms with Crippen LogP contribution in [0.3, 0.4) is 0 Å². The van der Waals surface area contributed by atoms with Gasteiger partial charge in [-0.25, -0.2) is 0 Å². The van der Waals surface area contributed by atoms with Crippen LogP contribution in [0.4, 0.5) is 0 Å². The average Bonchev–Trinajstić information content (AvgIpc) is 3.29. The number of nitrogens with one attached hydrogen (secondary N) is 1. The van der Waals surface area contributed by atoms with Gasteiger partial charge in [0.05, 0.1) is 6.54 Å². The van der Waals surface area contributed by atoms with Crippen LogP contribution in [0.5, 0.6) is 0 Å². The predicted octanol–water partition coefficient (Wildman–Crippen LogP) is 2.62. The molecule has 0 bridgehead atoms. The minimum Gasteiger partial charge on any atom is -0.480 e. The van der Waals surface area contributed by atoms with Gasteiger partial charge in [0, 0.05) is 25.2 Å². The first kappa shape index (κ1) is 16.2. The van der Waals surface area contributed by atoms with Crippen molar-refractivity contribution in [3.8, 4) is 0 Å². The number of rotatable bonds is 6. The van der Waals surface area contributed by atoms with E-state index in [0.29, 0.717) is 18.0 Å². The summed E-state index contributed by atoms with van der Waals surface area (Å²) in [6.07, 6.45) is 5.63. The van der Waals surface area contributed by atoms with Gasteiger partial charge in [-0.05, 0) is 37.7 Å². The lowest BCUT2D eigenvalue weighted by molar-refractivity contribution is -0.138. The van der Waals surface area contributed by atoms with Crippen molar-refractivity contribution in [1.82, 2.24) is 10.2 Å². The van der Waals surface area contributed by atoms with E-state index in [9.17, 15) is 4.79 Å². The Bertz CT molecular complexity index is 562. The summed E-state index contributed by atoms with van der Waals surface area (Å²) in [6, 6.07) is 11.6. The van der Waals surface area contributed by atoms with E-state index < -0.39 is 5.97 Å². The fraction of sp³-hybridized carbons (Fsp3) is 0.526. The summed E-state index contributed by atoms with van der Waals surface area (Å²) in [4.78, 5) is 12.8. The van der Waals surface area contributed by atoms with E-state index in [-0.39, 0.29) is 6.54 Å². The second-order valence-corrected chi connectivity index (χ2v) is 6.86. The van der Waals surface area contributed by atoms with Crippen LogP contribution >= 0.6 is 0 Å². The molecule has 3 rings (SSSR count). The molecule has 0 radical (unpaired) electrons. The normalized spacial score (nSPS) is 26.2. The Balaban J connectivity index is 1.43. The lowest BCUT2D eigenvalue weighted by atomic mass is 10.0. The van der Waals surface area contributed by atoms with Crippen LogP contribution in [-0.4, -0.2) is 47.7 Å². The second kappa shape index (κ2) is 7.28. The number of aliphatic carboxylic acids is 1. The average molecular weight is 314 g/mol. The van der Waals surface area contributed by atoms with Crippen molar-refractivity contribution in [3.05, 3.63) is 41.5 Å². The van der Waals surface area contributed by atoms with E-state index >= 15 is 0 Å². The van der Waals surface area contributed by atoms with Crippen LogP contribution in [0.15, 0.2) is 35.9 Å². The fourth-order valence-corrected chi connectivity index (χ4v) is 3.55. The van der Waals surface area contributed by atoms with Crippen molar-refractivity contribution < 1.29 is 9.90 Å². The molecule has 1 saturated heterocycles. The summed E-state index contributed by atoms with van der Waals surface area (Å²) >= 11 is 0. The lowest BCUT2D eigenvalue weighted by Gasteiger charge is -2.31. The Morgan fingerprint density at radius 3 is 2.65 bits per heavy atom. The maximum Gasteiger partial charge on any atom is 0.317 e. The molecule has 2 fully saturated rings. The molecule has 1 aliphatic carbocycles. The molecule has 1 aliphatic heterocycles. The molecule has 124 valence electrons. The van der Waals surface area contributed by atoms with Gasteiger partial charge in [-0.15, -0.1) is 0 Å². The topological polar surface area (TPSA) is 52.6 Å². The molecule has 0 aromatic heterocycles. The highest BCUT2D eigenvalue weighted by molar-refractivity contribution is 5.69. The summed E-state index contributed by atoms with van der Waals surface area (Å²) in [5, 5.41) is 12.6. The minimum atomic E-state index is -0.722. The van der Waals surface area contributed by atoms with Crippen LogP contribution in [0.1, 0.15) is 31.7 Å². The SMILES string of the molecule is C/C(=C\c1ccccc1)C1CC1NC1CCN(CC(=O)O)CC1. The molecule has 23 heavy (non-hydrogen) atoms. The van der Waals surface area contributed by atoms with Crippen molar-refractivity contribution in [2.45, 2.75) is 38.3 Å². The van der Waals surface area contributed by atoms with E-state index in [2.05, 4.69) is 42.6 Å². The first-order valence-electron chi connectivity index (χ1n) is 8.55. The van der Waals surface area contributed by atoms with Crippen molar-refractivity contribution in [3.63, 3.8) is 0 Å². The van der Waals surface area contributed by atoms with Gasteiger partial charge in [0.15, 0.2) is 0 Å². The van der Waals surface area contributed by atoms with Crippen molar-refractivity contribution in [1.29, 1.82) is 0 Å². The molecule has 1 heterocycles. The summed E-state index contributed by atoms with van der Waals surface area (Å²) in [7, 11) is 0. The molecule has 2 unspecified atom stereocenters. The molecule has 0 spiro atoms. The number of hydrogen-bond acceptors (Lipinski definition) is 3. The summed E-state index contributed by atoms with van der Waals surface area (Å²) in [5.74, 6) is -0.0624. The van der Waals surface area contributed by atoms with Gasteiger partial charge in [-0.1, -0.05) is 42.0 Å². The monoisotopic (exact) mass is 314 g/mol. The molecule has 1 aromatic rings. The maximum atomic E-state index is 10.7. The Morgan fingerprint density at radius 2 is 2.00 bits per heavy atom. The van der Waals surface area contributed by atoms with Gasteiger partial charge >= 0.3 is 5.97 Å². The molecule has 1 saturated carbocycles. The van der Waals surface area contributed by atoms with Gasteiger partial charge in [0.2, 0.25) is 0 Å². The minimum absolute atomic E-state index is 0.178. The molecule has 2 atom stereocenters. The van der Waals surface area contributed by atoms with Crippen LogP contribution in [-0.2, 0) is 4.79 Å². The molecule has 1 aromatic carbocycles. The van der Waals surface area contributed by atoms with Crippen molar-refractivity contribution in [2.24, 2.45) is 5.92 Å². The number of piperidine rings is 1. The molecule has 0 amide bonds. The number of hydrogen-bond donors (Lipinski definition) is 2. The van der Waals surface area contributed by atoms with Gasteiger partial charge in [-0.2, -0.15) is 0 Å². The van der Waals surface area contributed by atoms with E-state index in [0.717, 1.165) is 25.9 Å². The van der Waals surface area contributed by atoms with Crippen LogP contribution in [0.2, 0.25) is 0 Å². The Kier molecular flexibility index (Phi) is 5.13. The van der Waals surface area contributed by atoms with Crippen LogP contribution in [0, 0.1) is 5.92 Å². The zero-order chi connectivity index (χ0) is 16.2. The van der Waals surface area contributed by atoms with Crippen molar-refractivity contribution in [2.75, 3.05) is 19.6 Å². The molecule has 4 nitrogen and oxygen atoms in total. The van der Waals surface area contributed by atoms with Crippen LogP contribution < -0.4 is 5.32 Å². The Morgan fingerprint density at radius 1 is 1.30 bits per heavy atom. The highest BCUT2D eigenvalue weighted by Gasteiger charge is 2.39. The third-order valence-corrected chi connectivity index (χ3v) is 4.97. The lowest BCUT2D eigenvalue weighted by Crippen LogP contribution is -2.45. The van der Waals surface area contributed by atoms with Gasteiger partial charge in [-0.3, -0.25) is 9.69 Å². The van der Waals surface area contributed by atoms with E-state index in [1.165, 1.54) is 17.6 Å². The Hall–Kier alpha value is -1.65. The summed E-state index contributed by atoms with van der Waals surface area (Å²) < 4.78 is 0. The third-order valence-electron chi connectivity index (χ3n) is 4.97. The highest BCUT2D eigenvalue weighted by Crippen LogP contribution is 2.38. The molecular weight excluding hydrogens is 288 g/mol. The number of carboxylic acid groups (broad SMARTS) is 1. The molecule has 2 aliphatic rings. The van der Waals surface area contributed by atoms with Gasteiger partial charge in [0.25, 0.3) is 0 Å². The molecular formula is C19H26N2O2. The van der Waals surface area contributed by atoms with Gasteiger partial charge < -0.3 is 10.4 Å². The number of likely N-dealkylation sites (tertiary alicyclic amines) is 1. The first-order valence-corrected chi connectivity index (χ1v) is 8.55. The standard InChI is InChI=1S/C19H26N2O2/c1-14(11-15-5-3-2-4-6-15)17-12-18(17)20-16-7-9-21(10-8-16)13-19(22)23/h2-6,11,16-18,20H,7-10,12-13H2,1H3,(H,22,23)/b14-11+. The third kappa shape index (κ3) is 4.66. The largest absolute Gasteiger partial charge is 0.480 e. The highest BCUT2D eigenvalue weighted by atomic mass is 16.4. The van der Waals surface area contributed by atoms with E-state index in [1.54, 1.807) is 0 Å². The Labute approximate surface area is 138 Å². The second-order valence-electron chi connectivity index (χ2n) is 6.86. The first-order chi connectivity index (χ1) is 11.1. The predicted molar refractivity (Wildman–Crippen MR) is 92.2 cm³/mol. The number of nitrogens with zero attached hydrogens (tertiary/aromatic N) is 1. The van der Waals surface area contributed by atoms with Gasteiger partial charge in [0.1, 0.15) is 0 Å². The molecule has 2 N–H and O–H groups in total.